The zero-order valence-electron chi connectivity index (χ0n) is 17.3. The molecule has 1 N–H and O–H groups in total. The smallest absolute Gasteiger partial charge is 0.262 e. The average molecular weight is 417 g/mol. The molecule has 0 aliphatic carbocycles. The topological polar surface area (TPSA) is 75.7 Å². The van der Waals surface area contributed by atoms with Gasteiger partial charge in [0.25, 0.3) is 15.9 Å². The Morgan fingerprint density at radius 1 is 1.07 bits per heavy atom. The summed E-state index contributed by atoms with van der Waals surface area (Å²) >= 11 is 0. The zero-order chi connectivity index (χ0) is 21.2. The minimum Gasteiger partial charge on any atom is -0.497 e. The molecule has 1 fully saturated rings. The van der Waals surface area contributed by atoms with E-state index in [0.29, 0.717) is 47.5 Å². The quantitative estimate of drug-likeness (QED) is 0.801. The second kappa shape index (κ2) is 8.45. The molecule has 29 heavy (non-hydrogen) atoms. The van der Waals surface area contributed by atoms with Crippen LogP contribution in [0.1, 0.15) is 36.2 Å². The number of hydrogen-bond donors (Lipinski definition) is 1. The normalized spacial score (nSPS) is 19.7. The summed E-state index contributed by atoms with van der Waals surface area (Å²) in [7, 11) is -2.28. The lowest BCUT2D eigenvalue weighted by molar-refractivity contribution is 0.0623. The molecule has 2 atom stereocenters. The van der Waals surface area contributed by atoms with Gasteiger partial charge >= 0.3 is 0 Å². The van der Waals surface area contributed by atoms with Gasteiger partial charge in [-0.3, -0.25) is 9.52 Å². The largest absolute Gasteiger partial charge is 0.497 e. The predicted molar refractivity (Wildman–Crippen MR) is 114 cm³/mol. The second-order valence-electron chi connectivity index (χ2n) is 7.97. The second-order valence-corrected chi connectivity index (χ2v) is 9.62. The molecule has 1 saturated heterocycles. The maximum atomic E-state index is 13.0. The third kappa shape index (κ3) is 4.90. The Balaban J connectivity index is 1.86. The first kappa shape index (κ1) is 21.2. The first-order valence-electron chi connectivity index (χ1n) is 9.76. The van der Waals surface area contributed by atoms with Crippen molar-refractivity contribution in [1.29, 1.82) is 0 Å². The van der Waals surface area contributed by atoms with Crippen molar-refractivity contribution >= 4 is 21.6 Å². The zero-order valence-corrected chi connectivity index (χ0v) is 18.1. The van der Waals surface area contributed by atoms with Crippen LogP contribution < -0.4 is 9.46 Å². The van der Waals surface area contributed by atoms with E-state index in [1.807, 2.05) is 4.90 Å². The lowest BCUT2D eigenvalue weighted by atomic mass is 9.91. The minimum absolute atomic E-state index is 0.109. The fraction of sp³-hybridized carbons (Fsp3) is 0.409. The molecule has 1 aliphatic rings. The van der Waals surface area contributed by atoms with Crippen LogP contribution in [0.5, 0.6) is 5.75 Å². The molecule has 7 heteroatoms. The predicted octanol–water partition coefficient (Wildman–Crippen LogP) is 3.92. The summed E-state index contributed by atoms with van der Waals surface area (Å²) in [5.74, 6) is 1.40. The third-order valence-electron chi connectivity index (χ3n) is 5.22. The Hall–Kier alpha value is -2.54. The van der Waals surface area contributed by atoms with Crippen molar-refractivity contribution in [2.24, 2.45) is 11.8 Å². The number of piperidine rings is 1. The van der Waals surface area contributed by atoms with Crippen LogP contribution in [0.25, 0.3) is 0 Å². The molecule has 2 unspecified atom stereocenters. The molecular formula is C22H28N2O4S. The number of hydrogen-bond acceptors (Lipinski definition) is 4. The average Bonchev–Trinajstić information content (AvgIpc) is 2.67. The van der Waals surface area contributed by atoms with Gasteiger partial charge in [0.2, 0.25) is 0 Å². The van der Waals surface area contributed by atoms with E-state index in [2.05, 4.69) is 18.6 Å². The number of carbonyl (C=O) groups is 1. The van der Waals surface area contributed by atoms with E-state index in [1.165, 1.54) is 6.07 Å². The lowest BCUT2D eigenvalue weighted by Crippen LogP contribution is -2.42. The molecule has 1 amide bonds. The number of anilines is 1. The molecule has 6 nitrogen and oxygen atoms in total. The van der Waals surface area contributed by atoms with E-state index in [4.69, 9.17) is 4.74 Å². The van der Waals surface area contributed by atoms with E-state index in [0.717, 1.165) is 6.42 Å². The van der Waals surface area contributed by atoms with Gasteiger partial charge < -0.3 is 9.64 Å². The Labute approximate surface area is 172 Å². The summed E-state index contributed by atoms with van der Waals surface area (Å²) in [6.07, 6.45) is 1.10. The number of likely N-dealkylation sites (tertiary alicyclic amines) is 1. The van der Waals surface area contributed by atoms with Crippen LogP contribution in [-0.2, 0) is 10.0 Å². The summed E-state index contributed by atoms with van der Waals surface area (Å²) in [4.78, 5) is 14.9. The Morgan fingerprint density at radius 2 is 1.69 bits per heavy atom. The standard InChI is InChI=1S/C22H28N2O4S/c1-15-11-16(2)14-24(13-15)22(25)18-6-5-17(3)21(12-18)29(26,27)23-19-7-9-20(28-4)10-8-19/h5-10,12,15-16,23H,11,13-14H2,1-4H3. The number of rotatable bonds is 5. The molecule has 156 valence electrons. The van der Waals surface area contributed by atoms with Crippen molar-refractivity contribution in [2.75, 3.05) is 24.9 Å². The van der Waals surface area contributed by atoms with Gasteiger partial charge in [-0.2, -0.15) is 0 Å². The molecule has 2 aromatic rings. The lowest BCUT2D eigenvalue weighted by Gasteiger charge is -2.35. The first-order chi connectivity index (χ1) is 13.7. The summed E-state index contributed by atoms with van der Waals surface area (Å²) < 4.78 is 33.6. The SMILES string of the molecule is COc1ccc(NS(=O)(=O)c2cc(C(=O)N3CC(C)CC(C)C3)ccc2C)cc1. The fourth-order valence-electron chi connectivity index (χ4n) is 3.90. The monoisotopic (exact) mass is 416 g/mol. The molecule has 1 aliphatic heterocycles. The van der Waals surface area contributed by atoms with Crippen LogP contribution >= 0.6 is 0 Å². The number of methoxy groups -OCH3 is 1. The van der Waals surface area contributed by atoms with Gasteiger partial charge in [0.15, 0.2) is 0 Å². The maximum absolute atomic E-state index is 13.0. The van der Waals surface area contributed by atoms with E-state index in [1.54, 1.807) is 50.4 Å². The Kier molecular flexibility index (Phi) is 6.17. The highest BCUT2D eigenvalue weighted by Gasteiger charge is 2.27. The van der Waals surface area contributed by atoms with E-state index in [9.17, 15) is 13.2 Å². The van der Waals surface area contributed by atoms with Gasteiger partial charge in [-0.15, -0.1) is 0 Å². The van der Waals surface area contributed by atoms with Crippen LogP contribution in [0.4, 0.5) is 5.69 Å². The molecule has 0 radical (unpaired) electrons. The molecule has 0 saturated carbocycles. The molecule has 1 heterocycles. The fourth-order valence-corrected chi connectivity index (χ4v) is 5.23. The van der Waals surface area contributed by atoms with Crippen LogP contribution in [0.3, 0.4) is 0 Å². The van der Waals surface area contributed by atoms with Crippen LogP contribution in [0, 0.1) is 18.8 Å². The van der Waals surface area contributed by atoms with Crippen LogP contribution in [-0.4, -0.2) is 39.4 Å². The number of ether oxygens (including phenoxy) is 1. The Morgan fingerprint density at radius 3 is 2.28 bits per heavy atom. The van der Waals surface area contributed by atoms with Crippen LogP contribution in [0.15, 0.2) is 47.4 Å². The molecular weight excluding hydrogens is 388 g/mol. The van der Waals surface area contributed by atoms with Gasteiger partial charge in [-0.25, -0.2) is 8.42 Å². The minimum atomic E-state index is -3.83. The van der Waals surface area contributed by atoms with Gasteiger partial charge in [0.05, 0.1) is 12.0 Å². The number of amides is 1. The molecule has 3 rings (SSSR count). The summed E-state index contributed by atoms with van der Waals surface area (Å²) in [5, 5.41) is 0. The van der Waals surface area contributed by atoms with Crippen molar-refractivity contribution in [2.45, 2.75) is 32.1 Å². The third-order valence-corrected chi connectivity index (χ3v) is 6.75. The number of carbonyl (C=O) groups excluding carboxylic acids is 1. The van der Waals surface area contributed by atoms with E-state index in [-0.39, 0.29) is 10.8 Å². The van der Waals surface area contributed by atoms with Gasteiger partial charge in [0.1, 0.15) is 5.75 Å². The van der Waals surface area contributed by atoms with Crippen molar-refractivity contribution in [3.05, 3.63) is 53.6 Å². The maximum Gasteiger partial charge on any atom is 0.262 e. The van der Waals surface area contributed by atoms with E-state index < -0.39 is 10.0 Å². The number of sulfonamides is 1. The van der Waals surface area contributed by atoms with Gasteiger partial charge in [0, 0.05) is 24.3 Å². The molecule has 0 aromatic heterocycles. The molecule has 2 aromatic carbocycles. The highest BCUT2D eigenvalue weighted by molar-refractivity contribution is 7.92. The molecule has 0 spiro atoms. The van der Waals surface area contributed by atoms with Crippen molar-refractivity contribution in [1.82, 2.24) is 4.90 Å². The van der Waals surface area contributed by atoms with E-state index >= 15 is 0 Å². The van der Waals surface area contributed by atoms with Crippen molar-refractivity contribution in [3.63, 3.8) is 0 Å². The van der Waals surface area contributed by atoms with Crippen LogP contribution in [0.2, 0.25) is 0 Å². The Bertz CT molecular complexity index is 976. The number of nitrogens with one attached hydrogen (secondary N) is 1. The molecule has 0 bridgehead atoms. The number of aryl methyl sites for hydroxylation is 1. The van der Waals surface area contributed by atoms with Crippen molar-refractivity contribution in [3.8, 4) is 5.75 Å². The summed E-state index contributed by atoms with van der Waals surface area (Å²) in [5.41, 5.74) is 1.41. The summed E-state index contributed by atoms with van der Waals surface area (Å²) in [6, 6.07) is 11.5. The highest BCUT2D eigenvalue weighted by atomic mass is 32.2. The van der Waals surface area contributed by atoms with Crippen molar-refractivity contribution < 1.29 is 17.9 Å². The number of nitrogens with zero attached hydrogens (tertiary/aromatic N) is 1. The first-order valence-corrected chi connectivity index (χ1v) is 11.2. The highest BCUT2D eigenvalue weighted by Crippen LogP contribution is 2.25. The number of benzene rings is 2. The van der Waals surface area contributed by atoms with Gasteiger partial charge in [-0.1, -0.05) is 19.9 Å². The van der Waals surface area contributed by atoms with Gasteiger partial charge in [-0.05, 0) is 67.1 Å². The summed E-state index contributed by atoms with van der Waals surface area (Å²) in [6.45, 7) is 7.40.